The highest BCUT2D eigenvalue weighted by molar-refractivity contribution is 5.97. The number of pyridine rings is 1. The number of aromatic nitrogens is 1. The Kier molecular flexibility index (Phi) is 5.73. The number of halogens is 3. The molecule has 2 aromatic rings. The van der Waals surface area contributed by atoms with Crippen molar-refractivity contribution in [2.45, 2.75) is 31.6 Å². The van der Waals surface area contributed by atoms with E-state index in [4.69, 9.17) is 10.5 Å². The Bertz CT molecular complexity index is 933. The summed E-state index contributed by atoms with van der Waals surface area (Å²) in [5.41, 5.74) is 4.67. The monoisotopic (exact) mass is 409 g/mol. The molecule has 154 valence electrons. The molecule has 1 amide bonds. The average Bonchev–Trinajstić information content (AvgIpc) is 3.17. The molecule has 1 aliphatic heterocycles. The predicted octanol–water partition coefficient (Wildman–Crippen LogP) is 3.04. The fourth-order valence-corrected chi connectivity index (χ4v) is 3.12. The van der Waals surface area contributed by atoms with Crippen LogP contribution in [0, 0.1) is 0 Å². The third-order valence-corrected chi connectivity index (χ3v) is 4.49. The summed E-state index contributed by atoms with van der Waals surface area (Å²) in [5, 5.41) is 9.24. The Morgan fingerprint density at radius 1 is 1.28 bits per heavy atom. The van der Waals surface area contributed by atoms with Gasteiger partial charge >= 0.3 is 12.1 Å². The van der Waals surface area contributed by atoms with E-state index in [1.807, 2.05) is 0 Å². The molecule has 10 heteroatoms. The van der Waals surface area contributed by atoms with Crippen LogP contribution >= 0.6 is 0 Å². The largest absolute Gasteiger partial charge is 0.480 e. The molecule has 1 atom stereocenters. The number of carboxylic acid groups (broad SMARTS) is 1. The first-order valence-electron chi connectivity index (χ1n) is 8.79. The highest BCUT2D eigenvalue weighted by Gasteiger charge is 2.35. The molecule has 0 aliphatic carbocycles. The fourth-order valence-electron chi connectivity index (χ4n) is 3.12. The summed E-state index contributed by atoms with van der Waals surface area (Å²) in [6.45, 7) is 0.182. The van der Waals surface area contributed by atoms with Crippen LogP contribution in [0.3, 0.4) is 0 Å². The highest BCUT2D eigenvalue weighted by atomic mass is 19.4. The van der Waals surface area contributed by atoms with Crippen molar-refractivity contribution in [3.63, 3.8) is 0 Å². The summed E-state index contributed by atoms with van der Waals surface area (Å²) in [5.74, 6) is -1.78. The molecule has 0 radical (unpaired) electrons. The van der Waals surface area contributed by atoms with Gasteiger partial charge in [-0.25, -0.2) is 9.78 Å². The van der Waals surface area contributed by atoms with Gasteiger partial charge in [0.15, 0.2) is 0 Å². The summed E-state index contributed by atoms with van der Waals surface area (Å²) >= 11 is 0. The maximum atomic E-state index is 13.0. The molecule has 1 aromatic heterocycles. The number of ether oxygens (including phenoxy) is 1. The third kappa shape index (κ3) is 4.65. The van der Waals surface area contributed by atoms with E-state index in [9.17, 15) is 27.9 Å². The van der Waals surface area contributed by atoms with Crippen LogP contribution in [0.25, 0.3) is 0 Å². The summed E-state index contributed by atoms with van der Waals surface area (Å²) in [7, 11) is 0. The molecule has 1 saturated heterocycles. The lowest BCUT2D eigenvalue weighted by Gasteiger charge is -2.21. The van der Waals surface area contributed by atoms with Crippen molar-refractivity contribution in [1.82, 2.24) is 9.88 Å². The van der Waals surface area contributed by atoms with Gasteiger partial charge in [0.2, 0.25) is 5.88 Å². The number of carboxylic acids is 1. The molecule has 29 heavy (non-hydrogen) atoms. The molecule has 0 unspecified atom stereocenters. The Balaban J connectivity index is 1.85. The molecule has 3 N–H and O–H groups in total. The van der Waals surface area contributed by atoms with Gasteiger partial charge in [-0.1, -0.05) is 6.07 Å². The maximum absolute atomic E-state index is 13.0. The summed E-state index contributed by atoms with van der Waals surface area (Å²) < 4.78 is 44.5. The van der Waals surface area contributed by atoms with Crippen LogP contribution in [0.2, 0.25) is 0 Å². The van der Waals surface area contributed by atoms with Crippen molar-refractivity contribution < 1.29 is 32.6 Å². The van der Waals surface area contributed by atoms with Gasteiger partial charge in [0, 0.05) is 24.7 Å². The summed E-state index contributed by atoms with van der Waals surface area (Å²) in [6.07, 6.45) is -3.72. The van der Waals surface area contributed by atoms with Crippen molar-refractivity contribution in [3.05, 3.63) is 53.2 Å². The van der Waals surface area contributed by atoms with Gasteiger partial charge in [-0.15, -0.1) is 0 Å². The lowest BCUT2D eigenvalue weighted by molar-refractivity contribution is -0.142. The third-order valence-electron chi connectivity index (χ3n) is 4.49. The topological polar surface area (TPSA) is 106 Å². The molecular formula is C19H18F3N3O4. The number of nitrogens with two attached hydrogens (primary N) is 1. The van der Waals surface area contributed by atoms with E-state index in [0.29, 0.717) is 19.4 Å². The number of carbonyl (C=O) groups excluding carboxylic acids is 1. The van der Waals surface area contributed by atoms with E-state index in [1.165, 1.54) is 35.2 Å². The first-order valence-corrected chi connectivity index (χ1v) is 8.79. The number of likely N-dealkylation sites (tertiary alicyclic amines) is 1. The number of benzene rings is 1. The first kappa shape index (κ1) is 20.6. The minimum absolute atomic E-state index is 0.0942. The molecule has 0 bridgehead atoms. The van der Waals surface area contributed by atoms with E-state index in [0.717, 1.165) is 6.07 Å². The van der Waals surface area contributed by atoms with Gasteiger partial charge in [0.05, 0.1) is 0 Å². The average molecular weight is 409 g/mol. The van der Waals surface area contributed by atoms with Gasteiger partial charge in [-0.3, -0.25) is 4.79 Å². The number of hydrogen-bond acceptors (Lipinski definition) is 5. The number of hydrogen-bond donors (Lipinski definition) is 2. The van der Waals surface area contributed by atoms with Gasteiger partial charge in [-0.05, 0) is 42.7 Å². The minimum atomic E-state index is -4.66. The first-order chi connectivity index (χ1) is 13.7. The predicted molar refractivity (Wildman–Crippen MR) is 95.3 cm³/mol. The molecule has 0 saturated carbocycles. The quantitative estimate of drug-likeness (QED) is 0.786. The van der Waals surface area contributed by atoms with Crippen LogP contribution in [0.15, 0.2) is 36.4 Å². The standard InChI is InChI=1S/C19H18F3N3O4/c20-19(21,22)15-7-11(10-23)8-16(24-15)29-13-4-1-3-12(9-13)17(26)25-6-2-5-14(25)18(27)28/h1,3-4,7-9,14H,2,5-6,10,23H2,(H,27,28)/t14-/m1/s1. The lowest BCUT2D eigenvalue weighted by atomic mass is 10.1. The normalized spacial score (nSPS) is 16.7. The van der Waals surface area contributed by atoms with Crippen LogP contribution in [-0.2, 0) is 17.5 Å². The van der Waals surface area contributed by atoms with Crippen molar-refractivity contribution >= 4 is 11.9 Å². The van der Waals surface area contributed by atoms with E-state index in [1.54, 1.807) is 0 Å². The zero-order valence-electron chi connectivity index (χ0n) is 15.1. The minimum Gasteiger partial charge on any atom is -0.480 e. The second-order valence-electron chi connectivity index (χ2n) is 6.53. The molecule has 1 aromatic carbocycles. The molecular weight excluding hydrogens is 391 g/mol. The molecule has 3 rings (SSSR count). The Morgan fingerprint density at radius 2 is 2.03 bits per heavy atom. The van der Waals surface area contributed by atoms with Crippen molar-refractivity contribution in [2.24, 2.45) is 5.73 Å². The molecule has 7 nitrogen and oxygen atoms in total. The van der Waals surface area contributed by atoms with Crippen LogP contribution in [0.1, 0.15) is 34.5 Å². The Labute approximate surface area is 163 Å². The zero-order chi connectivity index (χ0) is 21.2. The SMILES string of the molecule is NCc1cc(Oc2cccc(C(=O)N3CCC[C@@H]3C(=O)O)c2)nc(C(F)(F)F)c1. The van der Waals surface area contributed by atoms with Crippen LogP contribution in [-0.4, -0.2) is 39.5 Å². The zero-order valence-corrected chi connectivity index (χ0v) is 15.1. The molecule has 2 heterocycles. The van der Waals surface area contributed by atoms with Crippen molar-refractivity contribution in [3.8, 4) is 11.6 Å². The van der Waals surface area contributed by atoms with Crippen LogP contribution < -0.4 is 10.5 Å². The molecule has 1 fully saturated rings. The smallest absolute Gasteiger partial charge is 0.433 e. The number of rotatable bonds is 5. The van der Waals surface area contributed by atoms with Crippen molar-refractivity contribution in [1.29, 1.82) is 0 Å². The van der Waals surface area contributed by atoms with Gasteiger partial charge in [0.25, 0.3) is 5.91 Å². The number of aliphatic carboxylic acids is 1. The van der Waals surface area contributed by atoms with Crippen LogP contribution in [0.4, 0.5) is 13.2 Å². The number of nitrogens with zero attached hydrogens (tertiary/aromatic N) is 2. The Hall–Kier alpha value is -3.14. The number of carbonyl (C=O) groups is 2. The number of amides is 1. The molecule has 0 spiro atoms. The van der Waals surface area contributed by atoms with E-state index in [2.05, 4.69) is 4.98 Å². The summed E-state index contributed by atoms with van der Waals surface area (Å²) in [4.78, 5) is 28.7. The summed E-state index contributed by atoms with van der Waals surface area (Å²) in [6, 6.07) is 6.99. The lowest BCUT2D eigenvalue weighted by Crippen LogP contribution is -2.40. The van der Waals surface area contributed by atoms with E-state index >= 15 is 0 Å². The maximum Gasteiger partial charge on any atom is 0.433 e. The van der Waals surface area contributed by atoms with Gasteiger partial charge in [0.1, 0.15) is 17.5 Å². The van der Waals surface area contributed by atoms with E-state index < -0.39 is 29.8 Å². The Morgan fingerprint density at radius 3 is 2.69 bits per heavy atom. The van der Waals surface area contributed by atoms with Crippen molar-refractivity contribution in [2.75, 3.05) is 6.54 Å². The highest BCUT2D eigenvalue weighted by Crippen LogP contribution is 2.31. The fraction of sp³-hybridized carbons (Fsp3) is 0.316. The molecule has 1 aliphatic rings. The second-order valence-corrected chi connectivity index (χ2v) is 6.53. The van der Waals surface area contributed by atoms with Gasteiger partial charge < -0.3 is 20.5 Å². The second kappa shape index (κ2) is 8.08. The number of alkyl halides is 3. The van der Waals surface area contributed by atoms with Gasteiger partial charge in [-0.2, -0.15) is 13.2 Å². The van der Waals surface area contributed by atoms with Crippen LogP contribution in [0.5, 0.6) is 11.6 Å². The van der Waals surface area contributed by atoms with E-state index in [-0.39, 0.29) is 29.3 Å².